The van der Waals surface area contributed by atoms with Gasteiger partial charge in [-0.2, -0.15) is 14.6 Å². The molecular formula is C17H17N5O2. The molecule has 7 nitrogen and oxygen atoms in total. The van der Waals surface area contributed by atoms with E-state index in [0.717, 1.165) is 30.0 Å². The number of hydrogen-bond acceptors (Lipinski definition) is 5. The Labute approximate surface area is 138 Å². The molecule has 3 heterocycles. The van der Waals surface area contributed by atoms with Crippen molar-refractivity contribution in [2.45, 2.75) is 12.8 Å². The van der Waals surface area contributed by atoms with Gasteiger partial charge in [-0.25, -0.2) is 4.98 Å². The minimum Gasteiger partial charge on any atom is -0.481 e. The summed E-state index contributed by atoms with van der Waals surface area (Å²) in [5.41, 5.74) is 1.81. The smallest absolute Gasteiger partial charge is 0.308 e. The zero-order chi connectivity index (χ0) is 16.5. The van der Waals surface area contributed by atoms with Gasteiger partial charge in [0, 0.05) is 24.7 Å². The first-order valence-corrected chi connectivity index (χ1v) is 7.96. The van der Waals surface area contributed by atoms with Gasteiger partial charge in [-0.1, -0.05) is 30.3 Å². The van der Waals surface area contributed by atoms with E-state index in [-0.39, 0.29) is 5.92 Å². The predicted molar refractivity (Wildman–Crippen MR) is 88.8 cm³/mol. The first-order chi connectivity index (χ1) is 11.7. The molecule has 24 heavy (non-hydrogen) atoms. The van der Waals surface area contributed by atoms with Gasteiger partial charge in [-0.15, -0.1) is 0 Å². The van der Waals surface area contributed by atoms with E-state index in [1.165, 1.54) is 6.33 Å². The second kappa shape index (κ2) is 5.92. The molecule has 0 amide bonds. The second-order valence-corrected chi connectivity index (χ2v) is 5.96. The van der Waals surface area contributed by atoms with Gasteiger partial charge in [0.15, 0.2) is 0 Å². The van der Waals surface area contributed by atoms with Crippen LogP contribution >= 0.6 is 0 Å². The molecule has 1 aromatic carbocycles. The summed E-state index contributed by atoms with van der Waals surface area (Å²) in [6, 6.07) is 11.8. The van der Waals surface area contributed by atoms with Crippen LogP contribution in [0.15, 0.2) is 42.7 Å². The fourth-order valence-electron chi connectivity index (χ4n) is 3.17. The van der Waals surface area contributed by atoms with Crippen molar-refractivity contribution in [2.75, 3.05) is 18.0 Å². The summed E-state index contributed by atoms with van der Waals surface area (Å²) in [5, 5.41) is 13.6. The van der Waals surface area contributed by atoms with Crippen LogP contribution in [0.5, 0.6) is 0 Å². The molecule has 0 spiro atoms. The number of carboxylic acid groups (broad SMARTS) is 1. The van der Waals surface area contributed by atoms with E-state index in [1.807, 2.05) is 36.4 Å². The number of carboxylic acids is 1. The monoisotopic (exact) mass is 323 g/mol. The largest absolute Gasteiger partial charge is 0.481 e. The molecule has 7 heteroatoms. The van der Waals surface area contributed by atoms with Crippen molar-refractivity contribution in [3.8, 4) is 11.3 Å². The van der Waals surface area contributed by atoms with E-state index in [4.69, 9.17) is 0 Å². The van der Waals surface area contributed by atoms with E-state index >= 15 is 0 Å². The van der Waals surface area contributed by atoms with Crippen LogP contribution in [-0.2, 0) is 4.79 Å². The molecule has 4 rings (SSSR count). The molecule has 0 radical (unpaired) electrons. The standard InChI is InChI=1S/C17H17N5O2/c23-16(24)13-7-4-8-21(10-13)15-9-14(12-5-2-1-3-6-12)20-17-18-11-19-22(15)17/h1-3,5-6,9,11,13H,4,7-8,10H2,(H,23,24). The lowest BCUT2D eigenvalue weighted by atomic mass is 9.98. The lowest BCUT2D eigenvalue weighted by Crippen LogP contribution is -2.39. The number of nitrogens with zero attached hydrogens (tertiary/aromatic N) is 5. The number of piperidine rings is 1. The minimum atomic E-state index is -0.744. The summed E-state index contributed by atoms with van der Waals surface area (Å²) in [5.74, 6) is 0.253. The molecule has 1 aliphatic rings. The number of fused-ring (bicyclic) bond motifs is 1. The summed E-state index contributed by atoms with van der Waals surface area (Å²) in [4.78, 5) is 22.2. The van der Waals surface area contributed by atoms with E-state index < -0.39 is 5.97 Å². The summed E-state index contributed by atoms with van der Waals surface area (Å²) in [6.07, 6.45) is 3.03. The van der Waals surface area contributed by atoms with Crippen LogP contribution in [0.1, 0.15) is 12.8 Å². The van der Waals surface area contributed by atoms with Crippen molar-refractivity contribution >= 4 is 17.6 Å². The number of anilines is 1. The molecular weight excluding hydrogens is 306 g/mol. The van der Waals surface area contributed by atoms with Gasteiger partial charge in [0.25, 0.3) is 5.78 Å². The zero-order valence-corrected chi connectivity index (χ0v) is 13.0. The summed E-state index contributed by atoms with van der Waals surface area (Å²) < 4.78 is 1.68. The molecule has 2 aromatic heterocycles. The quantitative estimate of drug-likeness (QED) is 0.794. The molecule has 1 fully saturated rings. The maximum absolute atomic E-state index is 11.4. The average Bonchev–Trinajstić information content (AvgIpc) is 3.10. The Balaban J connectivity index is 1.79. The summed E-state index contributed by atoms with van der Waals surface area (Å²) >= 11 is 0. The number of aromatic nitrogens is 4. The van der Waals surface area contributed by atoms with Crippen LogP contribution in [0.25, 0.3) is 17.0 Å². The van der Waals surface area contributed by atoms with Crippen LogP contribution in [0.4, 0.5) is 5.82 Å². The highest BCUT2D eigenvalue weighted by atomic mass is 16.4. The molecule has 0 aliphatic carbocycles. The molecule has 0 saturated carbocycles. The normalized spacial score (nSPS) is 18.0. The maximum Gasteiger partial charge on any atom is 0.308 e. The van der Waals surface area contributed by atoms with Gasteiger partial charge in [0.05, 0.1) is 11.6 Å². The summed E-state index contributed by atoms with van der Waals surface area (Å²) in [6.45, 7) is 1.28. The number of carbonyl (C=O) groups is 1. The summed E-state index contributed by atoms with van der Waals surface area (Å²) in [7, 11) is 0. The molecule has 3 aromatic rings. The highest BCUT2D eigenvalue weighted by Gasteiger charge is 2.27. The van der Waals surface area contributed by atoms with Crippen molar-refractivity contribution in [2.24, 2.45) is 5.92 Å². The lowest BCUT2D eigenvalue weighted by molar-refractivity contribution is -0.141. The minimum absolute atomic E-state index is 0.356. The van der Waals surface area contributed by atoms with Crippen molar-refractivity contribution < 1.29 is 9.90 Å². The van der Waals surface area contributed by atoms with Gasteiger partial charge in [-0.3, -0.25) is 4.79 Å². The zero-order valence-electron chi connectivity index (χ0n) is 13.0. The number of hydrogen-bond donors (Lipinski definition) is 1. The molecule has 1 unspecified atom stereocenters. The first-order valence-electron chi connectivity index (χ1n) is 7.96. The van der Waals surface area contributed by atoms with Crippen molar-refractivity contribution in [1.82, 2.24) is 19.6 Å². The third-order valence-electron chi connectivity index (χ3n) is 4.40. The topological polar surface area (TPSA) is 83.6 Å². The number of rotatable bonds is 3. The van der Waals surface area contributed by atoms with E-state index in [1.54, 1.807) is 4.52 Å². The SMILES string of the molecule is O=C(O)C1CCCN(c2cc(-c3ccccc3)nc3ncnn23)C1. The van der Waals surface area contributed by atoms with Crippen LogP contribution in [0.2, 0.25) is 0 Å². The fraction of sp³-hybridized carbons (Fsp3) is 0.294. The molecule has 1 saturated heterocycles. The van der Waals surface area contributed by atoms with Gasteiger partial charge in [0.2, 0.25) is 0 Å². The molecule has 0 bridgehead atoms. The van der Waals surface area contributed by atoms with E-state index in [9.17, 15) is 9.90 Å². The molecule has 122 valence electrons. The third kappa shape index (κ3) is 2.58. The second-order valence-electron chi connectivity index (χ2n) is 5.96. The Morgan fingerprint density at radius 2 is 2.08 bits per heavy atom. The van der Waals surface area contributed by atoms with Crippen LogP contribution in [-0.4, -0.2) is 43.7 Å². The Morgan fingerprint density at radius 3 is 2.88 bits per heavy atom. The fourth-order valence-corrected chi connectivity index (χ4v) is 3.17. The highest BCUT2D eigenvalue weighted by Crippen LogP contribution is 2.27. The molecule has 1 aliphatic heterocycles. The maximum atomic E-state index is 11.4. The third-order valence-corrected chi connectivity index (χ3v) is 4.40. The predicted octanol–water partition coefficient (Wildman–Crippen LogP) is 2.09. The van der Waals surface area contributed by atoms with Crippen molar-refractivity contribution in [1.29, 1.82) is 0 Å². The molecule has 1 atom stereocenters. The first kappa shape index (κ1) is 14.6. The number of benzene rings is 1. The number of aliphatic carboxylic acids is 1. The van der Waals surface area contributed by atoms with Gasteiger partial charge >= 0.3 is 5.97 Å². The average molecular weight is 323 g/mol. The van der Waals surface area contributed by atoms with Crippen LogP contribution in [0.3, 0.4) is 0 Å². The van der Waals surface area contributed by atoms with Gasteiger partial charge in [0.1, 0.15) is 12.1 Å². The molecule has 1 N–H and O–H groups in total. The Hall–Kier alpha value is -2.96. The Morgan fingerprint density at radius 1 is 1.25 bits per heavy atom. The van der Waals surface area contributed by atoms with Crippen LogP contribution < -0.4 is 4.90 Å². The van der Waals surface area contributed by atoms with E-state index in [0.29, 0.717) is 18.7 Å². The lowest BCUT2D eigenvalue weighted by Gasteiger charge is -2.32. The van der Waals surface area contributed by atoms with Crippen molar-refractivity contribution in [3.05, 3.63) is 42.7 Å². The highest BCUT2D eigenvalue weighted by molar-refractivity contribution is 5.72. The Kier molecular flexibility index (Phi) is 3.60. The van der Waals surface area contributed by atoms with E-state index in [2.05, 4.69) is 20.0 Å². The van der Waals surface area contributed by atoms with Gasteiger partial charge in [-0.05, 0) is 12.8 Å². The van der Waals surface area contributed by atoms with Crippen LogP contribution in [0, 0.1) is 5.92 Å². The van der Waals surface area contributed by atoms with Crippen molar-refractivity contribution in [3.63, 3.8) is 0 Å². The van der Waals surface area contributed by atoms with Gasteiger partial charge < -0.3 is 10.0 Å². The Bertz CT molecular complexity index is 877.